The van der Waals surface area contributed by atoms with E-state index in [1.807, 2.05) is 0 Å². The summed E-state index contributed by atoms with van der Waals surface area (Å²) < 4.78 is 4.41. The predicted octanol–water partition coefficient (Wildman–Crippen LogP) is 3.45. The molecule has 0 amide bonds. The monoisotopic (exact) mass is 305 g/mol. The lowest BCUT2D eigenvalue weighted by Gasteiger charge is -2.16. The topological polar surface area (TPSA) is 29.0 Å². The molecule has 16 heavy (non-hydrogen) atoms. The molecule has 1 rings (SSSR count). The Bertz CT molecular complexity index is 330. The molecule has 0 aromatic carbocycles. The lowest BCUT2D eigenvalue weighted by molar-refractivity contribution is 0.554. The van der Waals surface area contributed by atoms with Gasteiger partial charge in [0.25, 0.3) is 0 Å². The number of hydrogen-bond acceptors (Lipinski definition) is 4. The Morgan fingerprint density at radius 1 is 1.44 bits per heavy atom. The first-order valence-corrected chi connectivity index (χ1v) is 7.19. The van der Waals surface area contributed by atoms with Crippen molar-refractivity contribution >= 4 is 32.6 Å². The molecule has 0 bridgehead atoms. The molecule has 0 N–H and O–H groups in total. The SMILES string of the molecule is CC(Br)CCN(C)c1nc(C(C)(C)C)ns1. The second-order valence-electron chi connectivity index (χ2n) is 5.14. The van der Waals surface area contributed by atoms with Crippen LogP contribution in [0.25, 0.3) is 0 Å². The highest BCUT2D eigenvalue weighted by molar-refractivity contribution is 9.09. The summed E-state index contributed by atoms with van der Waals surface area (Å²) in [5.41, 5.74) is 0.0400. The van der Waals surface area contributed by atoms with Crippen molar-refractivity contribution in [2.45, 2.75) is 44.4 Å². The van der Waals surface area contributed by atoms with Gasteiger partial charge in [-0.3, -0.25) is 0 Å². The number of nitrogens with zero attached hydrogens (tertiary/aromatic N) is 3. The van der Waals surface area contributed by atoms with Gasteiger partial charge in [0, 0.05) is 35.4 Å². The van der Waals surface area contributed by atoms with E-state index in [4.69, 9.17) is 0 Å². The highest BCUT2D eigenvalue weighted by atomic mass is 79.9. The van der Waals surface area contributed by atoms with Crippen molar-refractivity contribution in [3.05, 3.63) is 5.82 Å². The molecule has 0 saturated carbocycles. The molecule has 5 heteroatoms. The fourth-order valence-electron chi connectivity index (χ4n) is 1.14. The predicted molar refractivity (Wildman–Crippen MR) is 74.9 cm³/mol. The molecule has 1 heterocycles. The van der Waals surface area contributed by atoms with Gasteiger partial charge in [0.2, 0.25) is 5.13 Å². The van der Waals surface area contributed by atoms with Crippen LogP contribution in [0.15, 0.2) is 0 Å². The average Bonchev–Trinajstić information content (AvgIpc) is 2.61. The van der Waals surface area contributed by atoms with Crippen LogP contribution >= 0.6 is 27.5 Å². The highest BCUT2D eigenvalue weighted by Gasteiger charge is 2.20. The van der Waals surface area contributed by atoms with E-state index in [0.29, 0.717) is 4.83 Å². The van der Waals surface area contributed by atoms with E-state index < -0.39 is 0 Å². The van der Waals surface area contributed by atoms with Gasteiger partial charge in [0.05, 0.1) is 0 Å². The second-order valence-corrected chi connectivity index (χ2v) is 7.44. The number of alkyl halides is 1. The number of anilines is 1. The first-order chi connectivity index (χ1) is 7.30. The van der Waals surface area contributed by atoms with E-state index in [1.54, 1.807) is 0 Å². The summed E-state index contributed by atoms with van der Waals surface area (Å²) in [4.78, 5) is 7.29. The standard InChI is InChI=1S/C11H20BrN3S/c1-8(12)6-7-15(5)10-13-9(14-16-10)11(2,3)4/h8H,6-7H2,1-5H3. The van der Waals surface area contributed by atoms with E-state index >= 15 is 0 Å². The van der Waals surface area contributed by atoms with Gasteiger partial charge < -0.3 is 4.90 Å². The van der Waals surface area contributed by atoms with Gasteiger partial charge in [-0.2, -0.15) is 4.37 Å². The molecule has 3 nitrogen and oxygen atoms in total. The van der Waals surface area contributed by atoms with Crippen LogP contribution in [0.3, 0.4) is 0 Å². The average molecular weight is 306 g/mol. The molecule has 0 aliphatic heterocycles. The fraction of sp³-hybridized carbons (Fsp3) is 0.818. The highest BCUT2D eigenvalue weighted by Crippen LogP contribution is 2.24. The van der Waals surface area contributed by atoms with Crippen LogP contribution in [0.2, 0.25) is 0 Å². The van der Waals surface area contributed by atoms with Gasteiger partial charge in [0.15, 0.2) is 0 Å². The smallest absolute Gasteiger partial charge is 0.204 e. The van der Waals surface area contributed by atoms with Crippen molar-refractivity contribution in [1.82, 2.24) is 9.36 Å². The normalized spacial score (nSPS) is 13.9. The van der Waals surface area contributed by atoms with E-state index in [1.165, 1.54) is 11.5 Å². The Labute approximate surface area is 111 Å². The molecule has 92 valence electrons. The van der Waals surface area contributed by atoms with Gasteiger partial charge in [-0.25, -0.2) is 4.98 Å². The van der Waals surface area contributed by atoms with Crippen LogP contribution in [-0.4, -0.2) is 27.8 Å². The summed E-state index contributed by atoms with van der Waals surface area (Å²) in [6, 6.07) is 0. The van der Waals surface area contributed by atoms with E-state index in [0.717, 1.165) is 23.9 Å². The van der Waals surface area contributed by atoms with Crippen LogP contribution in [0.5, 0.6) is 0 Å². The maximum Gasteiger partial charge on any atom is 0.204 e. The molecule has 1 aromatic heterocycles. The lowest BCUT2D eigenvalue weighted by Crippen LogP contribution is -2.21. The molecule has 1 unspecified atom stereocenters. The summed E-state index contributed by atoms with van der Waals surface area (Å²) in [5, 5.41) is 1.01. The van der Waals surface area contributed by atoms with Crippen LogP contribution in [0.1, 0.15) is 39.9 Å². The maximum absolute atomic E-state index is 4.58. The molecular formula is C11H20BrN3S. The van der Waals surface area contributed by atoms with Crippen LogP contribution < -0.4 is 4.90 Å². The molecule has 1 aromatic rings. The zero-order valence-corrected chi connectivity index (χ0v) is 13.0. The van der Waals surface area contributed by atoms with Gasteiger partial charge in [-0.05, 0) is 6.42 Å². The minimum atomic E-state index is 0.0400. The molecule has 0 fully saturated rings. The number of aromatic nitrogens is 2. The van der Waals surface area contributed by atoms with Crippen molar-refractivity contribution in [3.8, 4) is 0 Å². The maximum atomic E-state index is 4.58. The molecule has 0 aliphatic rings. The summed E-state index contributed by atoms with van der Waals surface area (Å²) in [5.74, 6) is 0.936. The summed E-state index contributed by atoms with van der Waals surface area (Å²) in [7, 11) is 2.07. The Kier molecular flexibility index (Phi) is 4.73. The van der Waals surface area contributed by atoms with Crippen molar-refractivity contribution in [2.75, 3.05) is 18.5 Å². The molecule has 0 spiro atoms. The zero-order chi connectivity index (χ0) is 12.3. The Balaban J connectivity index is 2.63. The van der Waals surface area contributed by atoms with Crippen LogP contribution in [-0.2, 0) is 5.41 Å². The largest absolute Gasteiger partial charge is 0.350 e. The molecule has 0 radical (unpaired) electrons. The third-order valence-corrected chi connectivity index (χ3v) is 3.56. The summed E-state index contributed by atoms with van der Waals surface area (Å²) >= 11 is 5.04. The number of halogens is 1. The van der Waals surface area contributed by atoms with Gasteiger partial charge in [-0.1, -0.05) is 43.6 Å². The Morgan fingerprint density at radius 3 is 2.50 bits per heavy atom. The van der Waals surface area contributed by atoms with Crippen LogP contribution in [0, 0.1) is 0 Å². The minimum Gasteiger partial charge on any atom is -0.350 e. The molecular weight excluding hydrogens is 286 g/mol. The minimum absolute atomic E-state index is 0.0400. The van der Waals surface area contributed by atoms with Crippen molar-refractivity contribution < 1.29 is 0 Å². The molecule has 1 atom stereocenters. The zero-order valence-electron chi connectivity index (χ0n) is 10.6. The first kappa shape index (κ1) is 13.9. The Hall–Kier alpha value is -0.160. The molecule has 0 saturated heterocycles. The van der Waals surface area contributed by atoms with Crippen molar-refractivity contribution in [2.24, 2.45) is 0 Å². The van der Waals surface area contributed by atoms with Crippen molar-refractivity contribution in [3.63, 3.8) is 0 Å². The summed E-state index contributed by atoms with van der Waals surface area (Å²) in [6.45, 7) is 9.58. The van der Waals surface area contributed by atoms with Crippen molar-refractivity contribution in [1.29, 1.82) is 0 Å². The third kappa shape index (κ3) is 4.01. The van der Waals surface area contributed by atoms with Gasteiger partial charge >= 0.3 is 0 Å². The number of rotatable bonds is 4. The lowest BCUT2D eigenvalue weighted by atomic mass is 9.96. The van der Waals surface area contributed by atoms with Crippen LogP contribution in [0.4, 0.5) is 5.13 Å². The second kappa shape index (κ2) is 5.45. The van der Waals surface area contributed by atoms with E-state index in [2.05, 4.69) is 64.9 Å². The third-order valence-electron chi connectivity index (χ3n) is 2.27. The number of hydrogen-bond donors (Lipinski definition) is 0. The molecule has 0 aliphatic carbocycles. The first-order valence-electron chi connectivity index (χ1n) is 5.50. The van der Waals surface area contributed by atoms with Gasteiger partial charge in [-0.15, -0.1) is 0 Å². The quantitative estimate of drug-likeness (QED) is 0.798. The Morgan fingerprint density at radius 2 is 2.06 bits per heavy atom. The van der Waals surface area contributed by atoms with E-state index in [9.17, 15) is 0 Å². The van der Waals surface area contributed by atoms with Gasteiger partial charge in [0.1, 0.15) is 5.82 Å². The summed E-state index contributed by atoms with van der Waals surface area (Å²) in [6.07, 6.45) is 1.11. The fourth-order valence-corrected chi connectivity index (χ4v) is 2.19. The van der Waals surface area contributed by atoms with E-state index in [-0.39, 0.29) is 5.41 Å².